The number of carboxylic acids is 1. The van der Waals surface area contributed by atoms with Crippen LogP contribution < -0.4 is 4.74 Å². The normalized spacial score (nSPS) is 11.7. The van der Waals surface area contributed by atoms with Crippen LogP contribution in [0, 0.1) is 10.1 Å². The summed E-state index contributed by atoms with van der Waals surface area (Å²) in [5, 5.41) is 21.1. The first-order valence-electron chi connectivity index (χ1n) is 11.3. The van der Waals surface area contributed by atoms with Gasteiger partial charge >= 0.3 is 11.7 Å². The number of rotatable bonds is 11. The van der Waals surface area contributed by atoms with Gasteiger partial charge in [-0.1, -0.05) is 74.7 Å². The highest BCUT2D eigenvalue weighted by atomic mass is 16.6. The molecular formula is C27H29NO5. The van der Waals surface area contributed by atoms with Crippen molar-refractivity contribution in [1.29, 1.82) is 0 Å². The van der Waals surface area contributed by atoms with Crippen molar-refractivity contribution in [2.45, 2.75) is 52.1 Å². The van der Waals surface area contributed by atoms with E-state index in [4.69, 9.17) is 4.74 Å². The van der Waals surface area contributed by atoms with Crippen molar-refractivity contribution < 1.29 is 19.6 Å². The molecule has 0 saturated heterocycles. The van der Waals surface area contributed by atoms with Crippen molar-refractivity contribution in [2.24, 2.45) is 0 Å². The van der Waals surface area contributed by atoms with E-state index in [9.17, 15) is 20.0 Å². The maximum absolute atomic E-state index is 11.7. The summed E-state index contributed by atoms with van der Waals surface area (Å²) in [4.78, 5) is 22.8. The summed E-state index contributed by atoms with van der Waals surface area (Å²) in [7, 11) is 0. The van der Waals surface area contributed by atoms with Gasteiger partial charge in [0.15, 0.2) is 5.75 Å². The van der Waals surface area contributed by atoms with Crippen LogP contribution in [0.15, 0.2) is 66.7 Å². The molecule has 0 fully saturated rings. The largest absolute Gasteiger partial charge is 0.484 e. The molecule has 0 saturated carbocycles. The summed E-state index contributed by atoms with van der Waals surface area (Å²) in [6.45, 7) is 4.10. The van der Waals surface area contributed by atoms with E-state index in [0.29, 0.717) is 11.1 Å². The first-order valence-corrected chi connectivity index (χ1v) is 11.3. The highest BCUT2D eigenvalue weighted by Gasteiger charge is 2.19. The molecule has 0 aromatic heterocycles. The Hall–Kier alpha value is -3.67. The van der Waals surface area contributed by atoms with Gasteiger partial charge in [0.25, 0.3) is 0 Å². The van der Waals surface area contributed by atoms with Crippen LogP contribution in [0.2, 0.25) is 0 Å². The molecule has 0 bridgehead atoms. The molecule has 0 spiro atoms. The SMILES string of the molecule is CCCCCC[C@H](C)Oc1ccc(-c2ccc(-c3ccccc3C(=O)O)cc2)cc1[N+](=O)[O-]. The number of ether oxygens (including phenoxy) is 1. The van der Waals surface area contributed by atoms with Gasteiger partial charge in [-0.05, 0) is 54.2 Å². The number of nitrogens with zero attached hydrogens (tertiary/aromatic N) is 1. The lowest BCUT2D eigenvalue weighted by Gasteiger charge is -2.15. The van der Waals surface area contributed by atoms with Crippen LogP contribution >= 0.6 is 0 Å². The Morgan fingerprint density at radius 1 is 0.970 bits per heavy atom. The van der Waals surface area contributed by atoms with Crippen LogP contribution in [-0.2, 0) is 0 Å². The number of carbonyl (C=O) groups is 1. The van der Waals surface area contributed by atoms with E-state index < -0.39 is 10.9 Å². The number of unbranched alkanes of at least 4 members (excludes halogenated alkanes) is 3. The lowest BCUT2D eigenvalue weighted by Crippen LogP contribution is -2.12. The summed E-state index contributed by atoms with van der Waals surface area (Å²) in [5.74, 6) is -0.709. The van der Waals surface area contributed by atoms with Gasteiger partial charge < -0.3 is 9.84 Å². The molecule has 0 aliphatic heterocycles. The molecule has 3 rings (SSSR count). The van der Waals surface area contributed by atoms with Gasteiger partial charge in [-0.25, -0.2) is 4.79 Å². The lowest BCUT2D eigenvalue weighted by molar-refractivity contribution is -0.386. The third-order valence-corrected chi connectivity index (χ3v) is 5.63. The zero-order valence-corrected chi connectivity index (χ0v) is 19.0. The Labute approximate surface area is 194 Å². The molecule has 3 aromatic rings. The molecule has 1 N–H and O–H groups in total. The molecule has 1 atom stereocenters. The highest BCUT2D eigenvalue weighted by molar-refractivity contribution is 5.96. The maximum atomic E-state index is 11.7. The van der Waals surface area contributed by atoms with E-state index in [1.165, 1.54) is 12.5 Å². The predicted molar refractivity (Wildman–Crippen MR) is 130 cm³/mol. The third-order valence-electron chi connectivity index (χ3n) is 5.63. The van der Waals surface area contributed by atoms with E-state index in [1.807, 2.05) is 37.3 Å². The second-order valence-corrected chi connectivity index (χ2v) is 8.15. The second kappa shape index (κ2) is 11.3. The summed E-state index contributed by atoms with van der Waals surface area (Å²) in [6.07, 6.45) is 5.28. The molecule has 0 heterocycles. The number of carboxylic acid groups (broad SMARTS) is 1. The number of nitro groups is 1. The number of hydrogen-bond acceptors (Lipinski definition) is 4. The highest BCUT2D eigenvalue weighted by Crippen LogP contribution is 2.34. The van der Waals surface area contributed by atoms with Gasteiger partial charge in [0.2, 0.25) is 0 Å². The summed E-state index contributed by atoms with van der Waals surface area (Å²) < 4.78 is 5.89. The van der Waals surface area contributed by atoms with E-state index in [0.717, 1.165) is 36.8 Å². The molecule has 0 aliphatic carbocycles. The minimum atomic E-state index is -0.986. The molecule has 0 radical (unpaired) electrons. The average Bonchev–Trinajstić information content (AvgIpc) is 2.82. The quantitative estimate of drug-likeness (QED) is 0.188. The Bertz CT molecular complexity index is 1110. The monoisotopic (exact) mass is 447 g/mol. The van der Waals surface area contributed by atoms with Crippen LogP contribution in [-0.4, -0.2) is 22.1 Å². The van der Waals surface area contributed by atoms with Crippen LogP contribution in [0.5, 0.6) is 5.75 Å². The van der Waals surface area contributed by atoms with Crippen LogP contribution in [0.3, 0.4) is 0 Å². The van der Waals surface area contributed by atoms with E-state index >= 15 is 0 Å². The van der Waals surface area contributed by atoms with Gasteiger partial charge in [-0.2, -0.15) is 0 Å². The topological polar surface area (TPSA) is 89.7 Å². The van der Waals surface area contributed by atoms with Crippen LogP contribution in [0.25, 0.3) is 22.3 Å². The maximum Gasteiger partial charge on any atom is 0.336 e. The zero-order chi connectivity index (χ0) is 23.8. The van der Waals surface area contributed by atoms with Crippen molar-refractivity contribution in [3.63, 3.8) is 0 Å². The molecule has 6 heteroatoms. The number of aromatic carboxylic acids is 1. The summed E-state index contributed by atoms with van der Waals surface area (Å²) in [6, 6.07) is 19.1. The summed E-state index contributed by atoms with van der Waals surface area (Å²) in [5.41, 5.74) is 3.05. The first kappa shape index (κ1) is 24.0. The average molecular weight is 448 g/mol. The lowest BCUT2D eigenvalue weighted by atomic mass is 9.97. The molecule has 0 amide bonds. The Morgan fingerprint density at radius 3 is 2.30 bits per heavy atom. The fraction of sp³-hybridized carbons (Fsp3) is 0.296. The molecule has 3 aromatic carbocycles. The number of benzene rings is 3. The fourth-order valence-electron chi connectivity index (χ4n) is 3.84. The minimum Gasteiger partial charge on any atom is -0.484 e. The van der Waals surface area contributed by atoms with Crippen LogP contribution in [0.4, 0.5) is 5.69 Å². The van der Waals surface area contributed by atoms with Gasteiger partial charge in [0.1, 0.15) is 0 Å². The molecule has 33 heavy (non-hydrogen) atoms. The summed E-state index contributed by atoms with van der Waals surface area (Å²) >= 11 is 0. The second-order valence-electron chi connectivity index (χ2n) is 8.15. The minimum absolute atomic E-state index is 0.0618. The molecule has 6 nitrogen and oxygen atoms in total. The van der Waals surface area contributed by atoms with Gasteiger partial charge in [-0.15, -0.1) is 0 Å². The zero-order valence-electron chi connectivity index (χ0n) is 19.0. The molecule has 172 valence electrons. The van der Waals surface area contributed by atoms with Crippen molar-refractivity contribution in [2.75, 3.05) is 0 Å². The standard InChI is InChI=1S/C27H29NO5/c1-3-4-5-6-9-19(2)33-26-17-16-22(18-25(26)28(31)32)20-12-14-21(15-13-20)23-10-7-8-11-24(23)27(29)30/h7-8,10-19H,3-6,9H2,1-2H3,(H,29,30)/t19-/m0/s1. The number of nitro benzene ring substituents is 1. The van der Waals surface area contributed by atoms with Crippen LogP contribution in [0.1, 0.15) is 56.3 Å². The van der Waals surface area contributed by atoms with Gasteiger partial charge in [0, 0.05) is 6.07 Å². The smallest absolute Gasteiger partial charge is 0.336 e. The van der Waals surface area contributed by atoms with E-state index in [2.05, 4.69) is 6.92 Å². The Kier molecular flexibility index (Phi) is 8.19. The molecule has 0 aliphatic rings. The van der Waals surface area contributed by atoms with Gasteiger partial charge in [-0.3, -0.25) is 10.1 Å². The van der Waals surface area contributed by atoms with E-state index in [-0.39, 0.29) is 23.1 Å². The first-order chi connectivity index (χ1) is 15.9. The molecular weight excluding hydrogens is 418 g/mol. The fourth-order valence-corrected chi connectivity index (χ4v) is 3.84. The Morgan fingerprint density at radius 2 is 1.64 bits per heavy atom. The Balaban J connectivity index is 1.80. The van der Waals surface area contributed by atoms with Crippen molar-refractivity contribution in [3.05, 3.63) is 82.4 Å². The van der Waals surface area contributed by atoms with Crippen molar-refractivity contribution >= 4 is 11.7 Å². The van der Waals surface area contributed by atoms with E-state index in [1.54, 1.807) is 30.3 Å². The predicted octanol–water partition coefficient (Wildman–Crippen LogP) is 7.36. The van der Waals surface area contributed by atoms with Gasteiger partial charge in [0.05, 0.1) is 16.6 Å². The van der Waals surface area contributed by atoms with Crippen molar-refractivity contribution in [1.82, 2.24) is 0 Å². The number of hydrogen-bond donors (Lipinski definition) is 1. The van der Waals surface area contributed by atoms with Crippen molar-refractivity contribution in [3.8, 4) is 28.0 Å². The molecule has 0 unspecified atom stereocenters. The third kappa shape index (κ3) is 6.19.